The highest BCUT2D eigenvalue weighted by atomic mass is 15.5. The molecule has 9 heteroatoms. The van der Waals surface area contributed by atoms with Crippen LogP contribution < -0.4 is 15.6 Å². The summed E-state index contributed by atoms with van der Waals surface area (Å²) in [6, 6.07) is 9.70. The van der Waals surface area contributed by atoms with Crippen LogP contribution in [0.3, 0.4) is 0 Å². The van der Waals surface area contributed by atoms with Crippen molar-refractivity contribution < 1.29 is 0 Å². The lowest BCUT2D eigenvalue weighted by Gasteiger charge is -2.23. The monoisotopic (exact) mass is 377 g/mol. The van der Waals surface area contributed by atoms with Gasteiger partial charge in [-0.05, 0) is 30.7 Å². The van der Waals surface area contributed by atoms with E-state index in [4.69, 9.17) is 5.73 Å². The van der Waals surface area contributed by atoms with Crippen molar-refractivity contribution >= 4 is 35.2 Å². The van der Waals surface area contributed by atoms with Crippen LogP contribution in [0.25, 0.3) is 0 Å². The summed E-state index contributed by atoms with van der Waals surface area (Å²) in [6.07, 6.45) is 2.74. The number of nitriles is 1. The molecule has 9 nitrogen and oxygen atoms in total. The molecule has 28 heavy (non-hydrogen) atoms. The number of nitrogens with two attached hydrogens (primary N) is 1. The Morgan fingerprint density at radius 1 is 1.25 bits per heavy atom. The first-order valence-electron chi connectivity index (χ1n) is 9.04. The largest absolute Gasteiger partial charge is 0.378 e. The summed E-state index contributed by atoms with van der Waals surface area (Å²) in [6.45, 7) is 4.16. The summed E-state index contributed by atoms with van der Waals surface area (Å²) in [7, 11) is 3.92. The summed E-state index contributed by atoms with van der Waals surface area (Å²) >= 11 is 0. The van der Waals surface area contributed by atoms with Gasteiger partial charge in [-0.1, -0.05) is 13.8 Å². The molecule has 1 aromatic carbocycles. The zero-order valence-electron chi connectivity index (χ0n) is 16.4. The van der Waals surface area contributed by atoms with Crippen molar-refractivity contribution in [2.45, 2.75) is 26.3 Å². The first-order chi connectivity index (χ1) is 13.4. The fourth-order valence-corrected chi connectivity index (χ4v) is 3.00. The third-order valence-corrected chi connectivity index (χ3v) is 4.54. The van der Waals surface area contributed by atoms with Gasteiger partial charge in [-0.25, -0.2) is 10.0 Å². The van der Waals surface area contributed by atoms with Crippen LogP contribution in [0.5, 0.6) is 0 Å². The molecule has 2 aromatic rings. The van der Waals surface area contributed by atoms with Crippen LogP contribution in [0.4, 0.5) is 23.3 Å². The molecule has 0 spiro atoms. The third kappa shape index (κ3) is 3.91. The van der Waals surface area contributed by atoms with Crippen LogP contribution in [0, 0.1) is 17.2 Å². The van der Waals surface area contributed by atoms with Gasteiger partial charge < -0.3 is 10.6 Å². The van der Waals surface area contributed by atoms with Gasteiger partial charge in [0.2, 0.25) is 5.95 Å². The molecule has 2 heterocycles. The number of hydrogen-bond acceptors (Lipinski definition) is 9. The molecule has 0 saturated carbocycles. The zero-order valence-corrected chi connectivity index (χ0v) is 16.4. The lowest BCUT2D eigenvalue weighted by molar-refractivity contribution is 0.536. The van der Waals surface area contributed by atoms with Crippen molar-refractivity contribution in [3.63, 3.8) is 0 Å². The van der Waals surface area contributed by atoms with E-state index in [9.17, 15) is 5.26 Å². The predicted octanol–water partition coefficient (Wildman–Crippen LogP) is 2.38. The molecular weight excluding hydrogens is 354 g/mol. The highest BCUT2D eigenvalue weighted by Crippen LogP contribution is 2.25. The molecule has 2 atom stereocenters. The highest BCUT2D eigenvalue weighted by molar-refractivity contribution is 6.10. The first-order valence-corrected chi connectivity index (χ1v) is 9.04. The summed E-state index contributed by atoms with van der Waals surface area (Å²) in [4.78, 5) is 19.1. The lowest BCUT2D eigenvalue weighted by Crippen LogP contribution is -2.32. The van der Waals surface area contributed by atoms with E-state index in [2.05, 4.69) is 45.0 Å². The van der Waals surface area contributed by atoms with Crippen molar-refractivity contribution in [3.8, 4) is 6.07 Å². The number of nitrogens with zero attached hydrogens (tertiary/aromatic N) is 8. The molecule has 0 aliphatic carbocycles. The minimum Gasteiger partial charge on any atom is -0.378 e. The van der Waals surface area contributed by atoms with Gasteiger partial charge in [0.25, 0.3) is 5.95 Å². The molecule has 1 aliphatic heterocycles. The Hall–Kier alpha value is -3.54. The van der Waals surface area contributed by atoms with E-state index in [0.29, 0.717) is 11.6 Å². The number of rotatable bonds is 5. The third-order valence-electron chi connectivity index (χ3n) is 4.54. The SMILES string of the molecule is CCC1C(C)C=NN1c1nc(N)nc(C(C#N)=Nc2ccc(N(C)C)cc2)n1. The van der Waals surface area contributed by atoms with Crippen LogP contribution in [0.15, 0.2) is 34.4 Å². The van der Waals surface area contributed by atoms with E-state index in [0.717, 1.165) is 12.1 Å². The fraction of sp³-hybridized carbons (Fsp3) is 0.368. The van der Waals surface area contributed by atoms with E-state index in [1.165, 1.54) is 0 Å². The number of hydrogen-bond donors (Lipinski definition) is 1. The summed E-state index contributed by atoms with van der Waals surface area (Å²) < 4.78 is 0. The Bertz CT molecular complexity index is 941. The van der Waals surface area contributed by atoms with E-state index in [-0.39, 0.29) is 29.4 Å². The minimum atomic E-state index is 0.0236. The second-order valence-electron chi connectivity index (χ2n) is 6.74. The smallest absolute Gasteiger partial charge is 0.251 e. The number of aromatic nitrogens is 3. The molecule has 3 rings (SSSR count). The second kappa shape index (κ2) is 8.00. The van der Waals surface area contributed by atoms with Crippen LogP contribution in [-0.2, 0) is 0 Å². The van der Waals surface area contributed by atoms with Crippen molar-refractivity contribution in [1.82, 2.24) is 15.0 Å². The van der Waals surface area contributed by atoms with E-state index >= 15 is 0 Å². The first kappa shape index (κ1) is 19.2. The van der Waals surface area contributed by atoms with Gasteiger partial charge in [-0.3, -0.25) is 0 Å². The van der Waals surface area contributed by atoms with Crippen LogP contribution >= 0.6 is 0 Å². The second-order valence-corrected chi connectivity index (χ2v) is 6.74. The number of hydrazone groups is 1. The van der Waals surface area contributed by atoms with Crippen LogP contribution in [0.1, 0.15) is 26.1 Å². The van der Waals surface area contributed by atoms with Gasteiger partial charge >= 0.3 is 0 Å². The van der Waals surface area contributed by atoms with E-state index < -0.39 is 0 Å². The van der Waals surface area contributed by atoms with Gasteiger partial charge in [-0.2, -0.15) is 25.3 Å². The normalized spacial score (nSPS) is 19.0. The molecule has 144 valence electrons. The Morgan fingerprint density at radius 3 is 2.57 bits per heavy atom. The van der Waals surface area contributed by atoms with Crippen molar-refractivity contribution in [3.05, 3.63) is 30.1 Å². The topological polar surface area (TPSA) is 120 Å². The van der Waals surface area contributed by atoms with Gasteiger partial charge in [0, 0.05) is 31.9 Å². The standard InChI is InChI=1S/C19H23N9/c1-5-16-12(2)11-22-28(16)19-25-17(24-18(21)26-19)15(10-20)23-13-6-8-14(9-7-13)27(3)4/h6-9,11-12,16H,5H2,1-4H3,(H2,21,24,25,26). The maximum absolute atomic E-state index is 9.60. The number of benzene rings is 1. The number of anilines is 3. The Balaban J connectivity index is 1.96. The predicted molar refractivity (Wildman–Crippen MR) is 111 cm³/mol. The molecule has 0 saturated heterocycles. The fourth-order valence-electron chi connectivity index (χ4n) is 3.00. The molecule has 1 aromatic heterocycles. The summed E-state index contributed by atoms with van der Waals surface area (Å²) in [5.41, 5.74) is 7.61. The summed E-state index contributed by atoms with van der Waals surface area (Å²) in [5.74, 6) is 0.744. The van der Waals surface area contributed by atoms with Crippen molar-refractivity contribution in [2.75, 3.05) is 29.7 Å². The molecule has 2 unspecified atom stereocenters. The quantitative estimate of drug-likeness (QED) is 0.794. The highest BCUT2D eigenvalue weighted by Gasteiger charge is 2.30. The minimum absolute atomic E-state index is 0.0236. The maximum Gasteiger partial charge on any atom is 0.251 e. The Kier molecular flexibility index (Phi) is 5.49. The van der Waals surface area contributed by atoms with Gasteiger partial charge in [0.1, 0.15) is 6.07 Å². The number of nitrogen functional groups attached to an aromatic ring is 1. The average Bonchev–Trinajstić information content (AvgIpc) is 3.06. The molecule has 0 radical (unpaired) electrons. The van der Waals surface area contributed by atoms with Crippen molar-refractivity contribution in [2.24, 2.45) is 16.0 Å². The molecule has 0 fully saturated rings. The van der Waals surface area contributed by atoms with E-state index in [1.54, 1.807) is 5.01 Å². The summed E-state index contributed by atoms with van der Waals surface area (Å²) in [5, 5.41) is 15.7. The molecule has 0 amide bonds. The van der Waals surface area contributed by atoms with Gasteiger partial charge in [-0.15, -0.1) is 0 Å². The molecule has 1 aliphatic rings. The zero-order chi connectivity index (χ0) is 20.3. The van der Waals surface area contributed by atoms with Crippen LogP contribution in [0.2, 0.25) is 0 Å². The maximum atomic E-state index is 9.60. The Labute approximate surface area is 164 Å². The average molecular weight is 377 g/mol. The van der Waals surface area contributed by atoms with Crippen LogP contribution in [-0.4, -0.2) is 47.0 Å². The van der Waals surface area contributed by atoms with Gasteiger partial charge in [0.15, 0.2) is 11.5 Å². The molecule has 0 bridgehead atoms. The Morgan fingerprint density at radius 2 is 1.96 bits per heavy atom. The van der Waals surface area contributed by atoms with Gasteiger partial charge in [0.05, 0.1) is 11.7 Å². The molecular formula is C19H23N9. The number of aliphatic imine (C=N–C) groups is 1. The van der Waals surface area contributed by atoms with Crippen molar-refractivity contribution in [1.29, 1.82) is 5.26 Å². The van der Waals surface area contributed by atoms with E-state index in [1.807, 2.05) is 49.5 Å². The lowest BCUT2D eigenvalue weighted by atomic mass is 10.0. The molecule has 2 N–H and O–H groups in total.